The van der Waals surface area contributed by atoms with Crippen molar-refractivity contribution in [3.8, 4) is 11.5 Å². The Morgan fingerprint density at radius 2 is 1.70 bits per heavy atom. The fourth-order valence-electron chi connectivity index (χ4n) is 1.97. The van der Waals surface area contributed by atoms with Gasteiger partial charge in [-0.15, -0.1) is 8.78 Å². The monoisotopic (exact) mass is 277 g/mol. The van der Waals surface area contributed by atoms with E-state index in [0.717, 1.165) is 5.56 Å². The third-order valence-corrected chi connectivity index (χ3v) is 3.02. The van der Waals surface area contributed by atoms with Crippen LogP contribution in [0.25, 0.3) is 0 Å². The zero-order valence-corrected chi connectivity index (χ0v) is 10.8. The average Bonchev–Trinajstić information content (AvgIpc) is 2.71. The molecule has 1 aliphatic heterocycles. The van der Waals surface area contributed by atoms with Crippen molar-refractivity contribution in [3.63, 3.8) is 0 Å². The molecule has 0 atom stereocenters. The van der Waals surface area contributed by atoms with E-state index in [1.54, 1.807) is 6.07 Å². The van der Waals surface area contributed by atoms with Crippen molar-refractivity contribution < 1.29 is 18.3 Å². The maximum absolute atomic E-state index is 12.9. The van der Waals surface area contributed by atoms with Crippen molar-refractivity contribution in [3.05, 3.63) is 53.6 Å². The summed E-state index contributed by atoms with van der Waals surface area (Å²) in [5.41, 5.74) is 3.00. The quantitative estimate of drug-likeness (QED) is 0.922. The van der Waals surface area contributed by atoms with Gasteiger partial charge in [0, 0.05) is 18.3 Å². The first kappa shape index (κ1) is 12.7. The molecule has 2 aromatic rings. The number of hydrogen-bond acceptors (Lipinski definition) is 3. The molecule has 0 bridgehead atoms. The highest BCUT2D eigenvalue weighted by atomic mass is 19.3. The molecule has 1 aliphatic rings. The summed E-state index contributed by atoms with van der Waals surface area (Å²) in [4.78, 5) is 0. The number of aryl methyl sites for hydroxylation is 1. The summed E-state index contributed by atoms with van der Waals surface area (Å²) in [5.74, 6) is 0.0970. The lowest BCUT2D eigenvalue weighted by Crippen LogP contribution is -2.25. The summed E-state index contributed by atoms with van der Waals surface area (Å²) < 4.78 is 34.5. The highest BCUT2D eigenvalue weighted by molar-refractivity contribution is 5.56. The summed E-state index contributed by atoms with van der Waals surface area (Å²) in [6.45, 7) is 2.63. The first-order chi connectivity index (χ1) is 9.52. The van der Waals surface area contributed by atoms with Gasteiger partial charge in [0.05, 0.1) is 0 Å². The first-order valence-corrected chi connectivity index (χ1v) is 6.21. The Morgan fingerprint density at radius 3 is 2.45 bits per heavy atom. The maximum atomic E-state index is 12.9. The van der Waals surface area contributed by atoms with Gasteiger partial charge >= 0.3 is 6.29 Å². The Morgan fingerprint density at radius 1 is 1.00 bits per heavy atom. The van der Waals surface area contributed by atoms with E-state index in [0.29, 0.717) is 12.2 Å². The van der Waals surface area contributed by atoms with Crippen LogP contribution in [-0.2, 0) is 6.54 Å². The van der Waals surface area contributed by atoms with Gasteiger partial charge in [0.2, 0.25) is 0 Å². The Balaban J connectivity index is 1.69. The first-order valence-electron chi connectivity index (χ1n) is 6.21. The minimum atomic E-state index is -3.57. The van der Waals surface area contributed by atoms with Gasteiger partial charge < -0.3 is 14.8 Å². The van der Waals surface area contributed by atoms with Crippen LogP contribution in [0, 0.1) is 6.92 Å². The van der Waals surface area contributed by atoms with Gasteiger partial charge in [-0.1, -0.05) is 29.8 Å². The van der Waals surface area contributed by atoms with Crippen molar-refractivity contribution in [2.45, 2.75) is 19.8 Å². The van der Waals surface area contributed by atoms with Crippen LogP contribution in [-0.4, -0.2) is 6.29 Å². The van der Waals surface area contributed by atoms with Crippen molar-refractivity contribution in [2.75, 3.05) is 5.32 Å². The molecule has 0 unspecified atom stereocenters. The molecule has 0 fully saturated rings. The van der Waals surface area contributed by atoms with Crippen molar-refractivity contribution >= 4 is 5.69 Å². The fraction of sp³-hybridized carbons (Fsp3) is 0.200. The topological polar surface area (TPSA) is 30.5 Å². The van der Waals surface area contributed by atoms with Gasteiger partial charge in [0.25, 0.3) is 0 Å². The van der Waals surface area contributed by atoms with Crippen molar-refractivity contribution in [2.24, 2.45) is 0 Å². The van der Waals surface area contributed by atoms with Gasteiger partial charge in [-0.3, -0.25) is 0 Å². The Labute approximate surface area is 115 Å². The molecule has 1 heterocycles. The van der Waals surface area contributed by atoms with E-state index < -0.39 is 6.29 Å². The molecule has 0 saturated heterocycles. The van der Waals surface area contributed by atoms with Crippen LogP contribution in [0.4, 0.5) is 14.5 Å². The standard InChI is InChI=1S/C15H13F2NO2/c1-10-2-4-11(5-3-10)9-18-12-6-7-13-14(8-12)20-15(16,17)19-13/h2-8,18H,9H2,1H3. The third kappa shape index (κ3) is 2.66. The normalized spacial score (nSPS) is 15.2. The van der Waals surface area contributed by atoms with E-state index in [-0.39, 0.29) is 11.5 Å². The number of ether oxygens (including phenoxy) is 2. The van der Waals surface area contributed by atoms with Crippen molar-refractivity contribution in [1.29, 1.82) is 0 Å². The molecule has 0 aromatic heterocycles. The molecule has 0 saturated carbocycles. The van der Waals surface area contributed by atoms with E-state index >= 15 is 0 Å². The molecule has 0 radical (unpaired) electrons. The Kier molecular flexibility index (Phi) is 2.97. The van der Waals surface area contributed by atoms with Crippen molar-refractivity contribution in [1.82, 2.24) is 0 Å². The molecule has 0 aliphatic carbocycles. The predicted molar refractivity (Wildman–Crippen MR) is 71.2 cm³/mol. The number of nitrogens with one attached hydrogen (secondary N) is 1. The second-order valence-corrected chi connectivity index (χ2v) is 4.67. The molecule has 2 aromatic carbocycles. The van der Waals surface area contributed by atoms with Crippen LogP contribution < -0.4 is 14.8 Å². The van der Waals surface area contributed by atoms with Gasteiger partial charge in [-0.25, -0.2) is 0 Å². The van der Waals surface area contributed by atoms with Gasteiger partial charge in [-0.2, -0.15) is 0 Å². The minimum absolute atomic E-state index is 0.0453. The summed E-state index contributed by atoms with van der Waals surface area (Å²) >= 11 is 0. The SMILES string of the molecule is Cc1ccc(CNc2ccc3c(c2)OC(F)(F)O3)cc1. The van der Waals surface area contributed by atoms with Gasteiger partial charge in [-0.05, 0) is 24.6 Å². The molecule has 5 heteroatoms. The smallest absolute Gasteiger partial charge is 0.395 e. The molecule has 3 nitrogen and oxygen atoms in total. The Bertz CT molecular complexity index is 626. The number of hydrogen-bond donors (Lipinski definition) is 1. The van der Waals surface area contributed by atoms with Crippen LogP contribution in [0.15, 0.2) is 42.5 Å². The van der Waals surface area contributed by atoms with Crippen LogP contribution in [0.3, 0.4) is 0 Å². The number of anilines is 1. The number of alkyl halides is 2. The molecule has 20 heavy (non-hydrogen) atoms. The zero-order valence-electron chi connectivity index (χ0n) is 10.8. The third-order valence-electron chi connectivity index (χ3n) is 3.02. The summed E-state index contributed by atoms with van der Waals surface area (Å²) in [6.07, 6.45) is -3.57. The lowest BCUT2D eigenvalue weighted by molar-refractivity contribution is -0.286. The van der Waals surface area contributed by atoms with Crippen LogP contribution >= 0.6 is 0 Å². The molecular formula is C15H13F2NO2. The van der Waals surface area contributed by atoms with Crippen LogP contribution in [0.1, 0.15) is 11.1 Å². The fourth-order valence-corrected chi connectivity index (χ4v) is 1.97. The minimum Gasteiger partial charge on any atom is -0.395 e. The average molecular weight is 277 g/mol. The predicted octanol–water partition coefficient (Wildman–Crippen LogP) is 3.93. The van der Waals surface area contributed by atoms with Crippen LogP contribution in [0.5, 0.6) is 11.5 Å². The molecule has 104 valence electrons. The molecule has 1 N–H and O–H groups in total. The van der Waals surface area contributed by atoms with Crippen LogP contribution in [0.2, 0.25) is 0 Å². The number of halogens is 2. The number of rotatable bonds is 3. The van der Waals surface area contributed by atoms with E-state index in [2.05, 4.69) is 14.8 Å². The Hall–Kier alpha value is -2.30. The van der Waals surface area contributed by atoms with E-state index in [1.165, 1.54) is 17.7 Å². The summed E-state index contributed by atoms with van der Waals surface area (Å²) in [7, 11) is 0. The highest BCUT2D eigenvalue weighted by Crippen LogP contribution is 2.42. The lowest BCUT2D eigenvalue weighted by atomic mass is 10.1. The van der Waals surface area contributed by atoms with E-state index in [9.17, 15) is 8.78 Å². The molecule has 3 rings (SSSR count). The van der Waals surface area contributed by atoms with Gasteiger partial charge in [0.15, 0.2) is 11.5 Å². The summed E-state index contributed by atoms with van der Waals surface area (Å²) in [6, 6.07) is 12.7. The molecule has 0 amide bonds. The molecule has 0 spiro atoms. The molecular weight excluding hydrogens is 264 g/mol. The number of benzene rings is 2. The second kappa shape index (κ2) is 4.67. The lowest BCUT2D eigenvalue weighted by Gasteiger charge is -2.07. The summed E-state index contributed by atoms with van der Waals surface area (Å²) in [5, 5.41) is 3.16. The van der Waals surface area contributed by atoms with E-state index in [1.807, 2.05) is 31.2 Å². The zero-order chi connectivity index (χ0) is 14.2. The number of fused-ring (bicyclic) bond motifs is 1. The maximum Gasteiger partial charge on any atom is 0.586 e. The van der Waals surface area contributed by atoms with E-state index in [4.69, 9.17) is 0 Å². The largest absolute Gasteiger partial charge is 0.586 e. The second-order valence-electron chi connectivity index (χ2n) is 4.67. The van der Waals surface area contributed by atoms with Gasteiger partial charge in [0.1, 0.15) is 0 Å². The highest BCUT2D eigenvalue weighted by Gasteiger charge is 2.43.